The number of carbonyl (C=O) groups excluding carboxylic acids is 1. The Morgan fingerprint density at radius 1 is 1.23 bits per heavy atom. The number of benzene rings is 1. The highest BCUT2D eigenvalue weighted by Crippen LogP contribution is 2.24. The van der Waals surface area contributed by atoms with Gasteiger partial charge in [0.2, 0.25) is 0 Å². The second-order valence-electron chi connectivity index (χ2n) is 6.06. The third-order valence-corrected chi connectivity index (χ3v) is 4.44. The molecule has 0 aliphatic carbocycles. The SMILES string of the molecule is Cc1c(C(=O)NCCCN2CCCCC2)oc2ccccc12. The van der Waals surface area contributed by atoms with Crippen LogP contribution in [0.5, 0.6) is 0 Å². The van der Waals surface area contributed by atoms with Crippen LogP contribution in [-0.2, 0) is 0 Å². The average molecular weight is 300 g/mol. The van der Waals surface area contributed by atoms with Crippen LogP contribution < -0.4 is 5.32 Å². The second-order valence-corrected chi connectivity index (χ2v) is 6.06. The molecule has 1 aliphatic rings. The van der Waals surface area contributed by atoms with Gasteiger partial charge in [-0.3, -0.25) is 4.79 Å². The standard InChI is InChI=1S/C18H24N2O2/c1-14-15-8-3-4-9-16(15)22-17(14)18(21)19-10-7-13-20-11-5-2-6-12-20/h3-4,8-9H,2,5-7,10-13H2,1H3,(H,19,21). The van der Waals surface area contributed by atoms with Crippen LogP contribution in [0.3, 0.4) is 0 Å². The van der Waals surface area contributed by atoms with Crippen molar-refractivity contribution in [3.05, 3.63) is 35.6 Å². The minimum absolute atomic E-state index is 0.104. The molecule has 0 unspecified atom stereocenters. The first-order valence-electron chi connectivity index (χ1n) is 8.24. The second kappa shape index (κ2) is 6.97. The molecule has 1 amide bonds. The summed E-state index contributed by atoms with van der Waals surface area (Å²) in [7, 11) is 0. The Balaban J connectivity index is 1.51. The molecular weight excluding hydrogens is 276 g/mol. The number of piperidine rings is 1. The smallest absolute Gasteiger partial charge is 0.287 e. The Hall–Kier alpha value is -1.81. The number of likely N-dealkylation sites (tertiary alicyclic amines) is 1. The molecule has 0 spiro atoms. The lowest BCUT2D eigenvalue weighted by molar-refractivity contribution is 0.0924. The maximum atomic E-state index is 12.3. The summed E-state index contributed by atoms with van der Waals surface area (Å²) in [6.45, 7) is 6.12. The number of aryl methyl sites for hydroxylation is 1. The zero-order valence-corrected chi connectivity index (χ0v) is 13.2. The summed E-state index contributed by atoms with van der Waals surface area (Å²) in [6.07, 6.45) is 4.97. The van der Waals surface area contributed by atoms with Gasteiger partial charge in [0, 0.05) is 17.5 Å². The maximum Gasteiger partial charge on any atom is 0.287 e. The molecule has 22 heavy (non-hydrogen) atoms. The van der Waals surface area contributed by atoms with Crippen molar-refractivity contribution in [3.8, 4) is 0 Å². The normalized spacial score (nSPS) is 16.0. The van der Waals surface area contributed by atoms with Gasteiger partial charge in [-0.15, -0.1) is 0 Å². The van der Waals surface area contributed by atoms with Crippen molar-refractivity contribution in [3.63, 3.8) is 0 Å². The molecule has 1 saturated heterocycles. The Morgan fingerprint density at radius 2 is 2.00 bits per heavy atom. The van der Waals surface area contributed by atoms with Crippen LogP contribution in [0.1, 0.15) is 41.8 Å². The van der Waals surface area contributed by atoms with Gasteiger partial charge in [0.25, 0.3) is 5.91 Å². The molecule has 2 aromatic rings. The fraction of sp³-hybridized carbons (Fsp3) is 0.500. The van der Waals surface area contributed by atoms with Crippen LogP contribution in [0.2, 0.25) is 0 Å². The number of para-hydroxylation sites is 1. The first-order chi connectivity index (χ1) is 10.8. The first kappa shape index (κ1) is 15.1. The molecule has 4 heteroatoms. The summed E-state index contributed by atoms with van der Waals surface area (Å²) in [5, 5.41) is 4.00. The topological polar surface area (TPSA) is 45.5 Å². The van der Waals surface area contributed by atoms with Gasteiger partial charge in [-0.1, -0.05) is 24.6 Å². The van der Waals surface area contributed by atoms with Crippen LogP contribution in [0.25, 0.3) is 11.0 Å². The predicted octanol–water partition coefficient (Wildman–Crippen LogP) is 3.35. The number of hydrogen-bond donors (Lipinski definition) is 1. The van der Waals surface area contributed by atoms with Crippen molar-refractivity contribution in [1.82, 2.24) is 10.2 Å². The zero-order valence-electron chi connectivity index (χ0n) is 13.2. The lowest BCUT2D eigenvalue weighted by Crippen LogP contribution is -2.33. The molecule has 1 aliphatic heterocycles. The summed E-state index contributed by atoms with van der Waals surface area (Å²) in [5.74, 6) is 0.339. The highest BCUT2D eigenvalue weighted by atomic mass is 16.3. The van der Waals surface area contributed by atoms with Crippen LogP contribution in [-0.4, -0.2) is 37.0 Å². The van der Waals surface area contributed by atoms with Crippen molar-refractivity contribution in [1.29, 1.82) is 0 Å². The van der Waals surface area contributed by atoms with Crippen LogP contribution in [0, 0.1) is 6.92 Å². The minimum atomic E-state index is -0.104. The minimum Gasteiger partial charge on any atom is -0.451 e. The number of carbonyl (C=O) groups is 1. The summed E-state index contributed by atoms with van der Waals surface area (Å²) >= 11 is 0. The lowest BCUT2D eigenvalue weighted by Gasteiger charge is -2.26. The van der Waals surface area contributed by atoms with E-state index < -0.39 is 0 Å². The van der Waals surface area contributed by atoms with Gasteiger partial charge in [-0.25, -0.2) is 0 Å². The van der Waals surface area contributed by atoms with E-state index in [1.165, 1.54) is 32.4 Å². The number of fused-ring (bicyclic) bond motifs is 1. The molecule has 3 rings (SSSR count). The summed E-state index contributed by atoms with van der Waals surface area (Å²) in [6, 6.07) is 7.77. The molecule has 1 aromatic carbocycles. The quantitative estimate of drug-likeness (QED) is 0.861. The number of amides is 1. The van der Waals surface area contributed by atoms with Gasteiger partial charge >= 0.3 is 0 Å². The van der Waals surface area contributed by atoms with Crippen LogP contribution >= 0.6 is 0 Å². The number of nitrogens with zero attached hydrogens (tertiary/aromatic N) is 1. The van der Waals surface area contributed by atoms with Gasteiger partial charge in [0.05, 0.1) is 0 Å². The van der Waals surface area contributed by atoms with Gasteiger partial charge < -0.3 is 14.6 Å². The van der Waals surface area contributed by atoms with E-state index >= 15 is 0 Å². The van der Waals surface area contributed by atoms with Crippen LogP contribution in [0.15, 0.2) is 28.7 Å². The Morgan fingerprint density at radius 3 is 2.77 bits per heavy atom. The fourth-order valence-electron chi connectivity index (χ4n) is 3.16. The molecule has 4 nitrogen and oxygen atoms in total. The van der Waals surface area contributed by atoms with E-state index in [4.69, 9.17) is 4.42 Å². The third kappa shape index (κ3) is 3.33. The van der Waals surface area contributed by atoms with E-state index in [2.05, 4.69) is 10.2 Å². The Kier molecular flexibility index (Phi) is 4.78. The lowest BCUT2D eigenvalue weighted by atomic mass is 10.1. The molecule has 118 valence electrons. The molecular formula is C18H24N2O2. The van der Waals surface area contributed by atoms with E-state index in [1.807, 2.05) is 31.2 Å². The highest BCUT2D eigenvalue weighted by molar-refractivity contribution is 5.98. The molecule has 1 N–H and O–H groups in total. The number of rotatable bonds is 5. The Bertz CT molecular complexity index is 642. The predicted molar refractivity (Wildman–Crippen MR) is 88.2 cm³/mol. The summed E-state index contributed by atoms with van der Waals surface area (Å²) < 4.78 is 5.69. The van der Waals surface area contributed by atoms with Gasteiger partial charge in [-0.05, 0) is 51.9 Å². The third-order valence-electron chi connectivity index (χ3n) is 4.44. The van der Waals surface area contributed by atoms with E-state index in [0.717, 1.165) is 29.5 Å². The van der Waals surface area contributed by atoms with Crippen molar-refractivity contribution in [2.45, 2.75) is 32.6 Å². The van der Waals surface area contributed by atoms with Crippen molar-refractivity contribution < 1.29 is 9.21 Å². The molecule has 0 saturated carbocycles. The largest absolute Gasteiger partial charge is 0.451 e. The van der Waals surface area contributed by atoms with Gasteiger partial charge in [0.1, 0.15) is 5.58 Å². The van der Waals surface area contributed by atoms with Gasteiger partial charge in [0.15, 0.2) is 5.76 Å². The number of hydrogen-bond acceptors (Lipinski definition) is 3. The van der Waals surface area contributed by atoms with Crippen LogP contribution in [0.4, 0.5) is 0 Å². The molecule has 1 aromatic heterocycles. The summed E-state index contributed by atoms with van der Waals surface area (Å²) in [5.41, 5.74) is 1.70. The summed E-state index contributed by atoms with van der Waals surface area (Å²) in [4.78, 5) is 14.8. The van der Waals surface area contributed by atoms with Crippen molar-refractivity contribution >= 4 is 16.9 Å². The first-order valence-corrected chi connectivity index (χ1v) is 8.24. The average Bonchev–Trinajstić information content (AvgIpc) is 2.90. The molecule has 0 bridgehead atoms. The fourth-order valence-corrected chi connectivity index (χ4v) is 3.16. The van der Waals surface area contributed by atoms with E-state index in [-0.39, 0.29) is 5.91 Å². The number of nitrogens with one attached hydrogen (secondary N) is 1. The molecule has 0 radical (unpaired) electrons. The van der Waals surface area contributed by atoms with E-state index in [1.54, 1.807) is 0 Å². The van der Waals surface area contributed by atoms with E-state index in [9.17, 15) is 4.79 Å². The maximum absolute atomic E-state index is 12.3. The molecule has 1 fully saturated rings. The monoisotopic (exact) mass is 300 g/mol. The molecule has 2 heterocycles. The van der Waals surface area contributed by atoms with Gasteiger partial charge in [-0.2, -0.15) is 0 Å². The molecule has 0 atom stereocenters. The van der Waals surface area contributed by atoms with Crippen molar-refractivity contribution in [2.24, 2.45) is 0 Å². The van der Waals surface area contributed by atoms with Crippen molar-refractivity contribution in [2.75, 3.05) is 26.2 Å². The van der Waals surface area contributed by atoms with E-state index in [0.29, 0.717) is 12.3 Å². The zero-order chi connectivity index (χ0) is 15.4. The highest BCUT2D eigenvalue weighted by Gasteiger charge is 2.17. The Labute approximate surface area is 131 Å². The number of furan rings is 1.